The smallest absolute Gasteiger partial charge is 0.163 e. The van der Waals surface area contributed by atoms with Crippen molar-refractivity contribution in [3.05, 3.63) is 69.7 Å². The lowest BCUT2D eigenvalue weighted by Crippen LogP contribution is -2.19. The SMILES string of the molecule is C[C@H](NCc1cccc(F)c1F)c1ccc(Br)cc1. The predicted octanol–water partition coefficient (Wildman–Crippen LogP) is 4.58. The Morgan fingerprint density at radius 2 is 1.79 bits per heavy atom. The van der Waals surface area contributed by atoms with Gasteiger partial charge in [-0.25, -0.2) is 8.78 Å². The highest BCUT2D eigenvalue weighted by molar-refractivity contribution is 9.10. The Balaban J connectivity index is 2.02. The lowest BCUT2D eigenvalue weighted by atomic mass is 10.1. The van der Waals surface area contributed by atoms with Gasteiger partial charge < -0.3 is 5.32 Å². The first-order chi connectivity index (χ1) is 9.08. The van der Waals surface area contributed by atoms with Crippen molar-refractivity contribution in [3.63, 3.8) is 0 Å². The van der Waals surface area contributed by atoms with Gasteiger partial charge in [0.05, 0.1) is 0 Å². The third kappa shape index (κ3) is 3.61. The van der Waals surface area contributed by atoms with E-state index in [0.717, 1.165) is 16.1 Å². The van der Waals surface area contributed by atoms with Crippen molar-refractivity contribution in [3.8, 4) is 0 Å². The highest BCUT2D eigenvalue weighted by atomic mass is 79.9. The van der Waals surface area contributed by atoms with E-state index in [-0.39, 0.29) is 6.04 Å². The topological polar surface area (TPSA) is 12.0 Å². The zero-order chi connectivity index (χ0) is 13.8. The first-order valence-electron chi connectivity index (χ1n) is 5.99. The van der Waals surface area contributed by atoms with Crippen LogP contribution in [0, 0.1) is 11.6 Å². The fraction of sp³-hybridized carbons (Fsp3) is 0.200. The molecule has 0 aliphatic rings. The third-order valence-electron chi connectivity index (χ3n) is 3.00. The van der Waals surface area contributed by atoms with Crippen molar-refractivity contribution in [1.82, 2.24) is 5.32 Å². The molecule has 0 saturated carbocycles. The molecule has 0 aliphatic heterocycles. The molecule has 1 atom stereocenters. The monoisotopic (exact) mass is 325 g/mol. The van der Waals surface area contributed by atoms with Gasteiger partial charge in [-0.05, 0) is 30.7 Å². The Labute approximate surface area is 119 Å². The van der Waals surface area contributed by atoms with E-state index in [4.69, 9.17) is 0 Å². The van der Waals surface area contributed by atoms with Gasteiger partial charge in [-0.2, -0.15) is 0 Å². The van der Waals surface area contributed by atoms with Gasteiger partial charge in [0, 0.05) is 22.6 Å². The van der Waals surface area contributed by atoms with E-state index in [9.17, 15) is 8.78 Å². The first kappa shape index (κ1) is 14.2. The van der Waals surface area contributed by atoms with Crippen LogP contribution < -0.4 is 5.32 Å². The molecule has 2 aromatic rings. The highest BCUT2D eigenvalue weighted by Gasteiger charge is 2.09. The molecule has 1 nitrogen and oxygen atoms in total. The van der Waals surface area contributed by atoms with Gasteiger partial charge in [-0.15, -0.1) is 0 Å². The molecule has 0 unspecified atom stereocenters. The van der Waals surface area contributed by atoms with Crippen molar-refractivity contribution in [2.75, 3.05) is 0 Å². The van der Waals surface area contributed by atoms with Gasteiger partial charge in [0.15, 0.2) is 11.6 Å². The molecule has 0 amide bonds. The van der Waals surface area contributed by atoms with Gasteiger partial charge in [-0.3, -0.25) is 0 Å². The Bertz CT molecular complexity index is 555. The van der Waals surface area contributed by atoms with E-state index in [1.54, 1.807) is 6.07 Å². The zero-order valence-electron chi connectivity index (χ0n) is 10.5. The molecule has 100 valence electrons. The van der Waals surface area contributed by atoms with Gasteiger partial charge in [0.1, 0.15) is 0 Å². The van der Waals surface area contributed by atoms with Gasteiger partial charge in [-0.1, -0.05) is 40.2 Å². The number of rotatable bonds is 4. The van der Waals surface area contributed by atoms with Crippen molar-refractivity contribution < 1.29 is 8.78 Å². The molecule has 0 fully saturated rings. The van der Waals surface area contributed by atoms with E-state index in [1.807, 2.05) is 31.2 Å². The molecule has 2 rings (SSSR count). The summed E-state index contributed by atoms with van der Waals surface area (Å²) < 4.78 is 27.6. The van der Waals surface area contributed by atoms with Crippen LogP contribution in [0.3, 0.4) is 0 Å². The van der Waals surface area contributed by atoms with Crippen molar-refractivity contribution in [2.45, 2.75) is 19.5 Å². The largest absolute Gasteiger partial charge is 0.306 e. The molecular weight excluding hydrogens is 312 g/mol. The van der Waals surface area contributed by atoms with Crippen LogP contribution >= 0.6 is 15.9 Å². The summed E-state index contributed by atoms with van der Waals surface area (Å²) in [5.74, 6) is -1.59. The summed E-state index contributed by atoms with van der Waals surface area (Å²) in [6, 6.07) is 12.2. The second-order valence-electron chi connectivity index (χ2n) is 4.37. The number of hydrogen-bond donors (Lipinski definition) is 1. The summed E-state index contributed by atoms with van der Waals surface area (Å²) in [6.45, 7) is 2.28. The van der Waals surface area contributed by atoms with Crippen molar-refractivity contribution in [2.24, 2.45) is 0 Å². The minimum absolute atomic E-state index is 0.0655. The fourth-order valence-electron chi connectivity index (χ4n) is 1.82. The maximum atomic E-state index is 13.5. The normalized spacial score (nSPS) is 12.4. The van der Waals surface area contributed by atoms with E-state index in [1.165, 1.54) is 6.07 Å². The molecule has 0 aromatic heterocycles. The van der Waals surface area contributed by atoms with E-state index in [2.05, 4.69) is 21.2 Å². The van der Waals surface area contributed by atoms with E-state index >= 15 is 0 Å². The van der Waals surface area contributed by atoms with Crippen LogP contribution in [0.5, 0.6) is 0 Å². The maximum absolute atomic E-state index is 13.5. The lowest BCUT2D eigenvalue weighted by molar-refractivity contribution is 0.484. The van der Waals surface area contributed by atoms with Gasteiger partial charge >= 0.3 is 0 Å². The Hall–Kier alpha value is -1.26. The molecule has 1 N–H and O–H groups in total. The zero-order valence-corrected chi connectivity index (χ0v) is 12.0. The Morgan fingerprint density at radius 3 is 2.47 bits per heavy atom. The molecule has 2 aromatic carbocycles. The number of benzene rings is 2. The summed E-state index contributed by atoms with van der Waals surface area (Å²) in [7, 11) is 0. The van der Waals surface area contributed by atoms with E-state index < -0.39 is 11.6 Å². The van der Waals surface area contributed by atoms with Crippen LogP contribution in [0.1, 0.15) is 24.1 Å². The average Bonchev–Trinajstić information content (AvgIpc) is 2.41. The second-order valence-corrected chi connectivity index (χ2v) is 5.28. The average molecular weight is 326 g/mol. The molecule has 0 heterocycles. The predicted molar refractivity (Wildman–Crippen MR) is 75.8 cm³/mol. The lowest BCUT2D eigenvalue weighted by Gasteiger charge is -2.15. The van der Waals surface area contributed by atoms with Crippen LogP contribution in [0.2, 0.25) is 0 Å². The molecule has 0 aliphatic carbocycles. The first-order valence-corrected chi connectivity index (χ1v) is 6.79. The summed E-state index contributed by atoms with van der Waals surface area (Å²) in [4.78, 5) is 0. The van der Waals surface area contributed by atoms with Crippen LogP contribution in [-0.4, -0.2) is 0 Å². The molecule has 0 spiro atoms. The van der Waals surface area contributed by atoms with Crippen LogP contribution in [0.25, 0.3) is 0 Å². The molecule has 0 saturated heterocycles. The van der Waals surface area contributed by atoms with Crippen LogP contribution in [-0.2, 0) is 6.54 Å². The van der Waals surface area contributed by atoms with Crippen LogP contribution in [0.15, 0.2) is 46.9 Å². The highest BCUT2D eigenvalue weighted by Crippen LogP contribution is 2.18. The third-order valence-corrected chi connectivity index (χ3v) is 3.53. The molecule has 0 bridgehead atoms. The van der Waals surface area contributed by atoms with E-state index in [0.29, 0.717) is 12.1 Å². The van der Waals surface area contributed by atoms with Crippen molar-refractivity contribution in [1.29, 1.82) is 0 Å². The molecular formula is C15H14BrF2N. The molecule has 4 heteroatoms. The summed E-state index contributed by atoms with van der Waals surface area (Å²) >= 11 is 3.38. The second kappa shape index (κ2) is 6.26. The number of hydrogen-bond acceptors (Lipinski definition) is 1. The Morgan fingerprint density at radius 1 is 1.11 bits per heavy atom. The number of halogens is 3. The number of nitrogens with one attached hydrogen (secondary N) is 1. The Kier molecular flexibility index (Phi) is 4.66. The summed E-state index contributed by atoms with van der Waals surface area (Å²) in [6.07, 6.45) is 0. The quantitative estimate of drug-likeness (QED) is 0.867. The summed E-state index contributed by atoms with van der Waals surface area (Å²) in [5, 5.41) is 3.18. The molecule has 0 radical (unpaired) electrons. The summed E-state index contributed by atoms with van der Waals surface area (Å²) in [5.41, 5.74) is 1.43. The van der Waals surface area contributed by atoms with Crippen molar-refractivity contribution >= 4 is 15.9 Å². The minimum Gasteiger partial charge on any atom is -0.306 e. The van der Waals surface area contributed by atoms with Gasteiger partial charge in [0.25, 0.3) is 0 Å². The van der Waals surface area contributed by atoms with Crippen LogP contribution in [0.4, 0.5) is 8.78 Å². The fourth-order valence-corrected chi connectivity index (χ4v) is 2.08. The molecule has 19 heavy (non-hydrogen) atoms. The van der Waals surface area contributed by atoms with Gasteiger partial charge in [0.2, 0.25) is 0 Å². The minimum atomic E-state index is -0.810. The maximum Gasteiger partial charge on any atom is 0.163 e. The standard InChI is InChI=1S/C15H14BrF2N/c1-10(11-5-7-13(16)8-6-11)19-9-12-3-2-4-14(17)15(12)18/h2-8,10,19H,9H2,1H3/t10-/m0/s1.